The van der Waals surface area contributed by atoms with E-state index in [2.05, 4.69) is 0 Å². The fourth-order valence-electron chi connectivity index (χ4n) is 0. The third-order valence-corrected chi connectivity index (χ3v) is 0. The van der Waals surface area contributed by atoms with Crippen molar-refractivity contribution >= 4 is 17.1 Å². The van der Waals surface area contributed by atoms with E-state index in [-0.39, 0.29) is 51.4 Å². The maximum Gasteiger partial charge on any atom is 1.00 e. The van der Waals surface area contributed by atoms with Gasteiger partial charge in [0.05, 0.1) is 0 Å². The SMILES string of the molecule is O=P([O-])(O)O.O=[Si]=O.[K+]. The van der Waals surface area contributed by atoms with Crippen molar-refractivity contribution in [2.45, 2.75) is 0 Å². The largest absolute Gasteiger partial charge is 1.00 e. The Labute approximate surface area is 95.3 Å². The fourth-order valence-corrected chi connectivity index (χ4v) is 0. The normalized spacial score (nSPS) is 7.44. The minimum Gasteiger partial charge on any atom is -0.756 e. The summed E-state index contributed by atoms with van der Waals surface area (Å²) in [5, 5.41) is 0. The van der Waals surface area contributed by atoms with Crippen LogP contribution < -0.4 is 56.3 Å². The Hall–Kier alpha value is 1.56. The molecule has 0 spiro atoms. The van der Waals surface area contributed by atoms with Gasteiger partial charge in [-0.3, -0.25) is 13.5 Å². The second-order valence-corrected chi connectivity index (χ2v) is 1.72. The predicted molar refractivity (Wildman–Crippen MR) is 19.2 cm³/mol. The molecule has 0 fully saturated rings. The van der Waals surface area contributed by atoms with Crippen LogP contribution in [0.3, 0.4) is 0 Å². The van der Waals surface area contributed by atoms with Gasteiger partial charge in [0, 0.05) is 0 Å². The molecule has 0 aliphatic rings. The monoisotopic (exact) mass is 196 g/mol. The third-order valence-electron chi connectivity index (χ3n) is 0. The van der Waals surface area contributed by atoms with E-state index >= 15 is 0 Å². The molecular weight excluding hydrogens is 194 g/mol. The molecule has 0 aromatic rings. The summed E-state index contributed by atoms with van der Waals surface area (Å²) in [4.78, 5) is 22.9. The van der Waals surface area contributed by atoms with Crippen molar-refractivity contribution < 1.29 is 79.6 Å². The summed E-state index contributed by atoms with van der Waals surface area (Å²) in [5.74, 6) is 0. The molecule has 0 aliphatic heterocycles. The van der Waals surface area contributed by atoms with Gasteiger partial charge in [0.25, 0.3) is 7.82 Å². The van der Waals surface area contributed by atoms with Crippen molar-refractivity contribution in [2.24, 2.45) is 0 Å². The van der Waals surface area contributed by atoms with Crippen LogP contribution >= 0.6 is 7.82 Å². The molecule has 9 heavy (non-hydrogen) atoms. The average molecular weight is 196 g/mol. The molecule has 0 amide bonds. The molecule has 0 heterocycles. The molecule has 0 aliphatic carbocycles. The van der Waals surface area contributed by atoms with Crippen LogP contribution in [0.15, 0.2) is 0 Å². The Bertz CT molecular complexity index is 111. The van der Waals surface area contributed by atoms with Gasteiger partial charge in [-0.05, 0) is 0 Å². The van der Waals surface area contributed by atoms with Gasteiger partial charge in [-0.2, -0.15) is 0 Å². The summed E-state index contributed by atoms with van der Waals surface area (Å²) in [5.41, 5.74) is 0. The molecule has 0 radical (unpaired) electrons. The Kier molecular flexibility index (Phi) is 17.9. The maximum atomic E-state index is 8.77. The first-order valence-electron chi connectivity index (χ1n) is 1.17. The molecule has 0 aromatic carbocycles. The van der Waals surface area contributed by atoms with E-state index in [1.165, 1.54) is 0 Å². The minimum atomic E-state index is -4.89. The average Bonchev–Trinajstić information content (AvgIpc) is 1.27. The molecule has 0 saturated carbocycles. The third kappa shape index (κ3) is 224. The molecule has 0 rings (SSSR count). The van der Waals surface area contributed by atoms with E-state index in [1.54, 1.807) is 0 Å². The standard InChI is InChI=1S/K.H3O4P.O2Si/c;1-5(2,3)4;1-3-2/h;(H3,1,2,3,4);/q+1;;/p-1. The van der Waals surface area contributed by atoms with Gasteiger partial charge in [0.2, 0.25) is 0 Å². The molecular formula is H2KO6PSi. The second-order valence-electron chi connectivity index (χ2n) is 0.574. The molecule has 0 saturated heterocycles. The van der Waals surface area contributed by atoms with E-state index in [0.717, 1.165) is 0 Å². The van der Waals surface area contributed by atoms with Crippen molar-refractivity contribution in [1.29, 1.82) is 0 Å². The zero-order valence-corrected chi connectivity index (χ0v) is 9.49. The van der Waals surface area contributed by atoms with Gasteiger partial charge >= 0.3 is 60.7 Å². The summed E-state index contributed by atoms with van der Waals surface area (Å²) < 4.78 is 25.6. The van der Waals surface area contributed by atoms with E-state index in [0.29, 0.717) is 0 Å². The van der Waals surface area contributed by atoms with Crippen molar-refractivity contribution in [2.75, 3.05) is 0 Å². The summed E-state index contributed by atoms with van der Waals surface area (Å²) in [6.07, 6.45) is 0. The van der Waals surface area contributed by atoms with Crippen molar-refractivity contribution in [1.82, 2.24) is 0 Å². The molecule has 6 nitrogen and oxygen atoms in total. The van der Waals surface area contributed by atoms with E-state index < -0.39 is 17.1 Å². The van der Waals surface area contributed by atoms with E-state index in [1.807, 2.05) is 0 Å². The molecule has 0 aromatic heterocycles. The zero-order valence-electron chi connectivity index (χ0n) is 4.47. The Morgan fingerprint density at radius 3 is 1.33 bits per heavy atom. The number of hydrogen-bond donors (Lipinski definition) is 2. The van der Waals surface area contributed by atoms with Crippen LogP contribution in [0.2, 0.25) is 0 Å². The van der Waals surface area contributed by atoms with Gasteiger partial charge in [-0.25, -0.2) is 0 Å². The van der Waals surface area contributed by atoms with Gasteiger partial charge in [-0.1, -0.05) is 0 Å². The number of phosphoric acid groups is 1. The quantitative estimate of drug-likeness (QED) is 0.295. The van der Waals surface area contributed by atoms with Gasteiger partial charge in [0.1, 0.15) is 0 Å². The fraction of sp³-hybridized carbons (Fsp3) is 0. The van der Waals surface area contributed by atoms with Crippen LogP contribution in [0, 0.1) is 0 Å². The molecule has 48 valence electrons. The first-order valence-corrected chi connectivity index (χ1v) is 3.52. The van der Waals surface area contributed by atoms with Crippen molar-refractivity contribution in [3.8, 4) is 0 Å². The zero-order chi connectivity index (χ0) is 7.21. The maximum absolute atomic E-state index is 8.77. The first-order chi connectivity index (χ1) is 3.41. The molecule has 0 unspecified atom stereocenters. The number of rotatable bonds is 0. The Balaban J connectivity index is -0.0000000800. The molecule has 0 bridgehead atoms. The van der Waals surface area contributed by atoms with Crippen LogP contribution in [-0.2, 0) is 13.5 Å². The van der Waals surface area contributed by atoms with Crippen molar-refractivity contribution in [3.63, 3.8) is 0 Å². The van der Waals surface area contributed by atoms with Gasteiger partial charge < -0.3 is 14.7 Å². The Morgan fingerprint density at radius 2 is 1.33 bits per heavy atom. The van der Waals surface area contributed by atoms with Gasteiger partial charge in [0.15, 0.2) is 0 Å². The first kappa shape index (κ1) is 16.9. The van der Waals surface area contributed by atoms with Crippen LogP contribution in [0.25, 0.3) is 0 Å². The summed E-state index contributed by atoms with van der Waals surface area (Å²) >= 11 is 0. The minimum absolute atomic E-state index is 0. The van der Waals surface area contributed by atoms with Crippen LogP contribution in [0.1, 0.15) is 0 Å². The second kappa shape index (κ2) is 9.56. The van der Waals surface area contributed by atoms with Crippen LogP contribution in [0.4, 0.5) is 0 Å². The Morgan fingerprint density at radius 1 is 1.33 bits per heavy atom. The number of hydrogen-bond acceptors (Lipinski definition) is 4. The topological polar surface area (TPSA) is 115 Å². The van der Waals surface area contributed by atoms with Crippen LogP contribution in [-0.4, -0.2) is 19.1 Å². The van der Waals surface area contributed by atoms with E-state index in [4.69, 9.17) is 28.2 Å². The molecule has 9 heteroatoms. The van der Waals surface area contributed by atoms with Crippen molar-refractivity contribution in [3.05, 3.63) is 0 Å². The molecule has 0 atom stereocenters. The summed E-state index contributed by atoms with van der Waals surface area (Å²) in [7, 11) is -6.31. The molecule has 2 N–H and O–H groups in total. The van der Waals surface area contributed by atoms with E-state index in [9.17, 15) is 0 Å². The van der Waals surface area contributed by atoms with Crippen LogP contribution in [0.5, 0.6) is 0 Å². The predicted octanol–water partition coefficient (Wildman–Crippen LogP) is -5.17. The van der Waals surface area contributed by atoms with Gasteiger partial charge in [-0.15, -0.1) is 0 Å². The summed E-state index contributed by atoms with van der Waals surface area (Å²) in [6.45, 7) is 0. The summed E-state index contributed by atoms with van der Waals surface area (Å²) in [6, 6.07) is 0. The smallest absolute Gasteiger partial charge is 0.756 e.